The molecule has 0 aromatic rings. The Kier molecular flexibility index (Phi) is 4.75. The van der Waals surface area contributed by atoms with Crippen molar-refractivity contribution in [3.05, 3.63) is 0 Å². The predicted molar refractivity (Wildman–Crippen MR) is 60.0 cm³/mol. The van der Waals surface area contributed by atoms with Crippen LogP contribution in [0.2, 0.25) is 0 Å². The summed E-state index contributed by atoms with van der Waals surface area (Å²) in [5.41, 5.74) is -0.570. The summed E-state index contributed by atoms with van der Waals surface area (Å²) in [6.45, 7) is 1.83. The average Bonchev–Trinajstić information content (AvgIpc) is 2.65. The lowest BCUT2D eigenvalue weighted by Crippen LogP contribution is -2.39. The number of hydrogen-bond donors (Lipinski definition) is 3. The number of ether oxygens (including phenoxy) is 1. The molecule has 1 heterocycles. The molecular weight excluding hydrogens is 238 g/mol. The molecule has 0 amide bonds. The first-order valence-corrected chi connectivity index (χ1v) is 6.10. The summed E-state index contributed by atoms with van der Waals surface area (Å²) in [5.74, 6) is -0.952. The monoisotopic (exact) mass is 251 g/mol. The van der Waals surface area contributed by atoms with E-state index in [-0.39, 0.29) is 0 Å². The first-order chi connectivity index (χ1) is 7.04. The van der Waals surface area contributed by atoms with Gasteiger partial charge in [-0.2, -0.15) is 12.6 Å². The van der Waals surface area contributed by atoms with Gasteiger partial charge in [0.1, 0.15) is 6.04 Å². The average molecular weight is 251 g/mol. The number of hydrogen-bond acceptors (Lipinski definition) is 6. The number of carboxylic acid groups (broad SMARTS) is 1. The second-order valence-corrected chi connectivity index (χ2v) is 4.80. The van der Waals surface area contributed by atoms with Crippen molar-refractivity contribution < 1.29 is 19.4 Å². The number of carboxylic acids is 1. The van der Waals surface area contributed by atoms with Crippen LogP contribution in [0.5, 0.6) is 0 Å². The molecular formula is C8H13NO4S2. The van der Waals surface area contributed by atoms with Gasteiger partial charge in [-0.25, -0.2) is 0 Å². The SMILES string of the molecule is CCC(S)C(=O)OC1NC(C(=O)O)CS1. The van der Waals surface area contributed by atoms with Crippen molar-refractivity contribution in [1.82, 2.24) is 5.32 Å². The molecule has 5 nitrogen and oxygen atoms in total. The third-order valence-electron chi connectivity index (χ3n) is 1.93. The van der Waals surface area contributed by atoms with E-state index in [4.69, 9.17) is 9.84 Å². The Labute approximate surface area is 97.3 Å². The maximum absolute atomic E-state index is 11.3. The van der Waals surface area contributed by atoms with E-state index in [0.29, 0.717) is 12.2 Å². The second-order valence-electron chi connectivity index (χ2n) is 3.08. The highest BCUT2D eigenvalue weighted by Crippen LogP contribution is 2.21. The Hall–Kier alpha value is -0.400. The van der Waals surface area contributed by atoms with Crippen LogP contribution >= 0.6 is 24.4 Å². The van der Waals surface area contributed by atoms with Gasteiger partial charge >= 0.3 is 11.9 Å². The first-order valence-electron chi connectivity index (χ1n) is 4.53. The number of thiol groups is 1. The molecule has 3 unspecified atom stereocenters. The van der Waals surface area contributed by atoms with Crippen molar-refractivity contribution in [2.75, 3.05) is 5.75 Å². The molecule has 0 aromatic carbocycles. The first kappa shape index (κ1) is 12.7. The van der Waals surface area contributed by atoms with Gasteiger partial charge in [-0.3, -0.25) is 14.9 Å². The quantitative estimate of drug-likeness (QED) is 0.493. The van der Waals surface area contributed by atoms with Crippen molar-refractivity contribution in [3.63, 3.8) is 0 Å². The second kappa shape index (κ2) is 5.62. The van der Waals surface area contributed by atoms with Crippen molar-refractivity contribution >= 4 is 36.3 Å². The molecule has 0 spiro atoms. The van der Waals surface area contributed by atoms with Crippen LogP contribution in [-0.4, -0.2) is 39.6 Å². The highest BCUT2D eigenvalue weighted by Gasteiger charge is 2.32. The number of esters is 1. The zero-order valence-electron chi connectivity index (χ0n) is 8.17. The Morgan fingerprint density at radius 1 is 1.73 bits per heavy atom. The smallest absolute Gasteiger partial charge is 0.321 e. The summed E-state index contributed by atoms with van der Waals surface area (Å²) in [5, 5.41) is 10.9. The molecule has 1 saturated heterocycles. The summed E-state index contributed by atoms with van der Waals surface area (Å²) in [6.07, 6.45) is 0.585. The molecule has 1 aliphatic rings. The topological polar surface area (TPSA) is 75.6 Å². The third kappa shape index (κ3) is 3.58. The zero-order chi connectivity index (χ0) is 11.4. The molecule has 0 bridgehead atoms. The lowest BCUT2D eigenvalue weighted by molar-refractivity contribution is -0.147. The number of rotatable bonds is 4. The Morgan fingerprint density at radius 3 is 2.87 bits per heavy atom. The van der Waals surface area contributed by atoms with Gasteiger partial charge in [0.15, 0.2) is 0 Å². The van der Waals surface area contributed by atoms with Gasteiger partial charge in [-0.1, -0.05) is 18.7 Å². The van der Waals surface area contributed by atoms with Gasteiger partial charge in [-0.15, -0.1) is 0 Å². The molecule has 0 aromatic heterocycles. The largest absolute Gasteiger partial charge is 0.480 e. The van der Waals surface area contributed by atoms with Crippen LogP contribution in [0.3, 0.4) is 0 Å². The molecule has 0 saturated carbocycles. The Morgan fingerprint density at radius 2 is 2.40 bits per heavy atom. The van der Waals surface area contributed by atoms with Crippen molar-refractivity contribution in [2.45, 2.75) is 30.2 Å². The zero-order valence-corrected chi connectivity index (χ0v) is 9.88. The number of carbonyl (C=O) groups is 2. The van der Waals surface area contributed by atoms with Crippen LogP contribution in [0, 0.1) is 0 Å². The fourth-order valence-electron chi connectivity index (χ4n) is 1.01. The van der Waals surface area contributed by atoms with Crippen LogP contribution < -0.4 is 5.32 Å². The summed E-state index contributed by atoms with van der Waals surface area (Å²) in [6, 6.07) is -0.646. The Bertz CT molecular complexity index is 261. The molecule has 0 radical (unpaired) electrons. The summed E-state index contributed by atoms with van der Waals surface area (Å²) in [4.78, 5) is 21.9. The molecule has 7 heteroatoms. The van der Waals surface area contributed by atoms with E-state index in [0.717, 1.165) is 0 Å². The van der Waals surface area contributed by atoms with E-state index in [2.05, 4.69) is 17.9 Å². The summed E-state index contributed by atoms with van der Waals surface area (Å²) < 4.78 is 5.02. The highest BCUT2D eigenvalue weighted by atomic mass is 32.2. The van der Waals surface area contributed by atoms with E-state index in [1.165, 1.54) is 11.8 Å². The van der Waals surface area contributed by atoms with E-state index in [1.54, 1.807) is 0 Å². The molecule has 2 N–H and O–H groups in total. The van der Waals surface area contributed by atoms with E-state index >= 15 is 0 Å². The predicted octanol–water partition coefficient (Wildman–Crippen LogP) is 0.311. The molecule has 86 valence electrons. The fourth-order valence-corrected chi connectivity index (χ4v) is 2.10. The fraction of sp³-hybridized carbons (Fsp3) is 0.750. The molecule has 3 atom stereocenters. The standard InChI is InChI=1S/C8H13NO4S2/c1-2-5(14)7(12)13-8-9-4(3-15-8)6(10)11/h4-5,8-9,14H,2-3H2,1H3,(H,10,11). The van der Waals surface area contributed by atoms with Crippen LogP contribution in [0.15, 0.2) is 0 Å². The van der Waals surface area contributed by atoms with Crippen LogP contribution in [-0.2, 0) is 14.3 Å². The van der Waals surface area contributed by atoms with Gasteiger partial charge in [-0.05, 0) is 6.42 Å². The normalized spacial score (nSPS) is 27.3. The van der Waals surface area contributed by atoms with Crippen molar-refractivity contribution in [3.8, 4) is 0 Å². The molecule has 15 heavy (non-hydrogen) atoms. The van der Waals surface area contributed by atoms with Crippen molar-refractivity contribution in [2.24, 2.45) is 0 Å². The van der Waals surface area contributed by atoms with Gasteiger partial charge < -0.3 is 9.84 Å². The summed E-state index contributed by atoms with van der Waals surface area (Å²) >= 11 is 5.30. The maximum Gasteiger partial charge on any atom is 0.321 e. The Balaban J connectivity index is 2.36. The van der Waals surface area contributed by atoms with Crippen LogP contribution in [0.4, 0.5) is 0 Å². The van der Waals surface area contributed by atoms with Gasteiger partial charge in [0.05, 0.1) is 5.25 Å². The number of carbonyl (C=O) groups excluding carboxylic acids is 1. The van der Waals surface area contributed by atoms with Crippen molar-refractivity contribution in [1.29, 1.82) is 0 Å². The van der Waals surface area contributed by atoms with Crippen LogP contribution in [0.25, 0.3) is 0 Å². The minimum atomic E-state index is -0.932. The van der Waals surface area contributed by atoms with Gasteiger partial charge in [0, 0.05) is 5.75 Å². The molecule has 1 fully saturated rings. The van der Waals surface area contributed by atoms with E-state index in [1.807, 2.05) is 6.92 Å². The van der Waals surface area contributed by atoms with Gasteiger partial charge in [0.2, 0.25) is 5.56 Å². The van der Waals surface area contributed by atoms with Crippen LogP contribution in [0.1, 0.15) is 13.3 Å². The highest BCUT2D eigenvalue weighted by molar-refractivity contribution is 8.00. The molecule has 0 aliphatic carbocycles. The third-order valence-corrected chi connectivity index (χ3v) is 3.57. The number of aliphatic carboxylic acids is 1. The minimum absolute atomic E-state index is 0.399. The number of nitrogens with one attached hydrogen (secondary N) is 1. The number of thioether (sulfide) groups is 1. The lowest BCUT2D eigenvalue weighted by atomic mass is 10.3. The van der Waals surface area contributed by atoms with Gasteiger partial charge in [0.25, 0.3) is 0 Å². The van der Waals surface area contributed by atoms with E-state index in [9.17, 15) is 9.59 Å². The summed E-state index contributed by atoms with van der Waals surface area (Å²) in [7, 11) is 0. The minimum Gasteiger partial charge on any atom is -0.480 e. The maximum atomic E-state index is 11.3. The molecule has 1 aliphatic heterocycles. The molecule has 1 rings (SSSR count). The van der Waals surface area contributed by atoms with E-state index < -0.39 is 28.8 Å². The lowest BCUT2D eigenvalue weighted by Gasteiger charge is -2.14.